The van der Waals surface area contributed by atoms with Crippen LogP contribution in [0.3, 0.4) is 0 Å². The molecule has 0 saturated carbocycles. The van der Waals surface area contributed by atoms with Crippen molar-refractivity contribution in [3.8, 4) is 0 Å². The van der Waals surface area contributed by atoms with Crippen LogP contribution < -0.4 is 0 Å². The molecule has 0 aliphatic carbocycles. The van der Waals surface area contributed by atoms with Gasteiger partial charge in [-0.2, -0.15) is 4.39 Å². The van der Waals surface area contributed by atoms with Gasteiger partial charge in [0.2, 0.25) is 5.82 Å². The fraction of sp³-hybridized carbons (Fsp3) is 0.462. The molecule has 1 aromatic rings. The van der Waals surface area contributed by atoms with Gasteiger partial charge in [-0.05, 0) is 25.5 Å². The summed E-state index contributed by atoms with van der Waals surface area (Å²) < 4.78 is 18.7. The maximum Gasteiger partial charge on any atom is 0.305 e. The summed E-state index contributed by atoms with van der Waals surface area (Å²) in [5.41, 5.74) is -0.598. The Hall–Kier alpha value is -2.02. The van der Waals surface area contributed by atoms with E-state index in [0.29, 0.717) is 13.0 Å². The van der Waals surface area contributed by atoms with Crippen molar-refractivity contribution in [3.63, 3.8) is 0 Å². The summed E-state index contributed by atoms with van der Waals surface area (Å²) in [7, 11) is 1.62. The molecule has 6 nitrogen and oxygen atoms in total. The largest absolute Gasteiger partial charge is 0.376 e. The Morgan fingerprint density at radius 2 is 2.25 bits per heavy atom. The van der Waals surface area contributed by atoms with Crippen LogP contribution in [0.5, 0.6) is 0 Å². The molecule has 1 heterocycles. The number of likely N-dealkylation sites (N-methyl/N-ethyl adjacent to an activating group) is 1. The van der Waals surface area contributed by atoms with Crippen LogP contribution in [-0.2, 0) is 4.74 Å². The standard InChI is InChI=1S/C13H15FN2O4/c1-8-11(5-6-20-8)15(2)13(17)9-3-4-10(14)12(7-9)16(18)19/h3-4,7-8,11H,5-6H2,1-2H3. The molecule has 2 atom stereocenters. The van der Waals surface area contributed by atoms with Gasteiger partial charge >= 0.3 is 5.69 Å². The summed E-state index contributed by atoms with van der Waals surface area (Å²) in [5, 5.41) is 10.7. The zero-order valence-electron chi connectivity index (χ0n) is 11.2. The summed E-state index contributed by atoms with van der Waals surface area (Å²) in [6.45, 7) is 2.45. The van der Waals surface area contributed by atoms with Crippen molar-refractivity contribution < 1.29 is 18.8 Å². The van der Waals surface area contributed by atoms with E-state index in [9.17, 15) is 19.3 Å². The van der Waals surface area contributed by atoms with Crippen LogP contribution in [0.4, 0.5) is 10.1 Å². The van der Waals surface area contributed by atoms with Crippen molar-refractivity contribution in [2.75, 3.05) is 13.7 Å². The molecule has 0 bridgehead atoms. The molecular weight excluding hydrogens is 267 g/mol. The zero-order chi connectivity index (χ0) is 14.9. The van der Waals surface area contributed by atoms with E-state index in [1.165, 1.54) is 11.0 Å². The first kappa shape index (κ1) is 14.4. The molecule has 20 heavy (non-hydrogen) atoms. The SMILES string of the molecule is CC1OCCC1N(C)C(=O)c1ccc(F)c([N+](=O)[O-])c1. The van der Waals surface area contributed by atoms with Crippen LogP contribution in [0.1, 0.15) is 23.7 Å². The Kier molecular flexibility index (Phi) is 3.99. The highest BCUT2D eigenvalue weighted by molar-refractivity contribution is 5.95. The quantitative estimate of drug-likeness (QED) is 0.627. The number of nitro groups is 1. The van der Waals surface area contributed by atoms with Crippen LogP contribution in [0.25, 0.3) is 0 Å². The van der Waals surface area contributed by atoms with Gasteiger partial charge in [-0.25, -0.2) is 0 Å². The molecule has 1 amide bonds. The average Bonchev–Trinajstić information content (AvgIpc) is 2.83. The Bertz CT molecular complexity index is 549. The van der Waals surface area contributed by atoms with E-state index in [1.807, 2.05) is 6.92 Å². The van der Waals surface area contributed by atoms with Gasteiger partial charge in [-0.15, -0.1) is 0 Å². The van der Waals surface area contributed by atoms with Gasteiger partial charge in [0.1, 0.15) is 0 Å². The van der Waals surface area contributed by atoms with Gasteiger partial charge in [-0.1, -0.05) is 0 Å². The number of halogens is 1. The summed E-state index contributed by atoms with van der Waals surface area (Å²) >= 11 is 0. The number of hydrogen-bond acceptors (Lipinski definition) is 4. The minimum atomic E-state index is -0.952. The minimum Gasteiger partial charge on any atom is -0.376 e. The van der Waals surface area contributed by atoms with Crippen molar-refractivity contribution in [2.45, 2.75) is 25.5 Å². The highest BCUT2D eigenvalue weighted by Crippen LogP contribution is 2.23. The topological polar surface area (TPSA) is 72.7 Å². The van der Waals surface area contributed by atoms with E-state index < -0.39 is 16.4 Å². The first-order valence-electron chi connectivity index (χ1n) is 6.24. The van der Waals surface area contributed by atoms with Crippen molar-refractivity contribution in [2.24, 2.45) is 0 Å². The number of carbonyl (C=O) groups excluding carboxylic acids is 1. The molecule has 1 fully saturated rings. The highest BCUT2D eigenvalue weighted by Gasteiger charge is 2.31. The first-order chi connectivity index (χ1) is 9.41. The van der Waals surface area contributed by atoms with Gasteiger partial charge in [0.15, 0.2) is 0 Å². The Labute approximate surface area is 115 Å². The molecular formula is C13H15FN2O4. The second-order valence-electron chi connectivity index (χ2n) is 4.77. The summed E-state index contributed by atoms with van der Waals surface area (Å²) in [5.74, 6) is -1.33. The lowest BCUT2D eigenvalue weighted by atomic mass is 10.1. The molecule has 1 aliphatic rings. The molecule has 1 aromatic carbocycles. The predicted molar refractivity (Wildman–Crippen MR) is 69.0 cm³/mol. The van der Waals surface area contributed by atoms with E-state index in [2.05, 4.69) is 0 Å². The average molecular weight is 282 g/mol. The molecule has 0 radical (unpaired) electrons. The number of ether oxygens (including phenoxy) is 1. The fourth-order valence-corrected chi connectivity index (χ4v) is 2.37. The van der Waals surface area contributed by atoms with Gasteiger partial charge in [0.25, 0.3) is 5.91 Å². The van der Waals surface area contributed by atoms with Gasteiger partial charge in [-0.3, -0.25) is 14.9 Å². The first-order valence-corrected chi connectivity index (χ1v) is 6.24. The van der Waals surface area contributed by atoms with E-state index in [-0.39, 0.29) is 23.6 Å². The van der Waals surface area contributed by atoms with Crippen molar-refractivity contribution >= 4 is 11.6 Å². The Balaban J connectivity index is 2.24. The lowest BCUT2D eigenvalue weighted by molar-refractivity contribution is -0.387. The molecule has 2 rings (SSSR count). The molecule has 0 spiro atoms. The van der Waals surface area contributed by atoms with Gasteiger partial charge in [0, 0.05) is 25.3 Å². The maximum absolute atomic E-state index is 13.3. The molecule has 108 valence electrons. The van der Waals surface area contributed by atoms with Crippen LogP contribution in [-0.4, -0.2) is 41.5 Å². The summed E-state index contributed by atoms with van der Waals surface area (Å²) in [6.07, 6.45) is 0.631. The lowest BCUT2D eigenvalue weighted by Gasteiger charge is -2.26. The molecule has 0 N–H and O–H groups in total. The van der Waals surface area contributed by atoms with E-state index >= 15 is 0 Å². The lowest BCUT2D eigenvalue weighted by Crippen LogP contribution is -2.41. The highest BCUT2D eigenvalue weighted by atomic mass is 19.1. The molecule has 7 heteroatoms. The van der Waals surface area contributed by atoms with Gasteiger partial charge < -0.3 is 9.64 Å². The number of hydrogen-bond donors (Lipinski definition) is 0. The molecule has 1 aliphatic heterocycles. The van der Waals surface area contributed by atoms with E-state index in [4.69, 9.17) is 4.74 Å². The molecule has 0 aromatic heterocycles. The third kappa shape index (κ3) is 2.62. The number of carbonyl (C=O) groups is 1. The van der Waals surface area contributed by atoms with Crippen molar-refractivity contribution in [3.05, 3.63) is 39.7 Å². The second-order valence-corrected chi connectivity index (χ2v) is 4.77. The second kappa shape index (κ2) is 5.54. The van der Waals surface area contributed by atoms with E-state index in [0.717, 1.165) is 12.1 Å². The van der Waals surface area contributed by atoms with E-state index in [1.54, 1.807) is 7.05 Å². The maximum atomic E-state index is 13.3. The number of amides is 1. The molecule has 2 unspecified atom stereocenters. The van der Waals surface area contributed by atoms with Crippen molar-refractivity contribution in [1.82, 2.24) is 4.90 Å². The normalized spacial score (nSPS) is 21.8. The number of benzene rings is 1. The minimum absolute atomic E-state index is 0.0772. The smallest absolute Gasteiger partial charge is 0.305 e. The Morgan fingerprint density at radius 3 is 2.80 bits per heavy atom. The predicted octanol–water partition coefficient (Wildman–Crippen LogP) is 1.98. The summed E-state index contributed by atoms with van der Waals surface area (Å²) in [6, 6.07) is 3.08. The number of nitro benzene ring substituents is 1. The zero-order valence-corrected chi connectivity index (χ0v) is 11.2. The monoisotopic (exact) mass is 282 g/mol. The fourth-order valence-electron chi connectivity index (χ4n) is 2.37. The number of nitrogens with zero attached hydrogens (tertiary/aromatic N) is 2. The molecule has 1 saturated heterocycles. The van der Waals surface area contributed by atoms with Crippen LogP contribution in [0, 0.1) is 15.9 Å². The van der Waals surface area contributed by atoms with Gasteiger partial charge in [0.05, 0.1) is 17.1 Å². The number of rotatable bonds is 3. The Morgan fingerprint density at radius 1 is 1.55 bits per heavy atom. The van der Waals surface area contributed by atoms with Crippen LogP contribution in [0.15, 0.2) is 18.2 Å². The third-order valence-corrected chi connectivity index (χ3v) is 3.54. The van der Waals surface area contributed by atoms with Crippen LogP contribution in [0.2, 0.25) is 0 Å². The summed E-state index contributed by atoms with van der Waals surface area (Å²) in [4.78, 5) is 23.6. The third-order valence-electron chi connectivity index (χ3n) is 3.54. The van der Waals surface area contributed by atoms with Crippen LogP contribution >= 0.6 is 0 Å². The van der Waals surface area contributed by atoms with Crippen molar-refractivity contribution in [1.29, 1.82) is 0 Å².